The first kappa shape index (κ1) is 13.6. The second-order valence-electron chi connectivity index (χ2n) is 5.61. The van der Waals surface area contributed by atoms with E-state index in [1.54, 1.807) is 0 Å². The Bertz CT molecular complexity index is 469. The van der Waals surface area contributed by atoms with Gasteiger partial charge in [-0.15, -0.1) is 0 Å². The van der Waals surface area contributed by atoms with Crippen molar-refractivity contribution in [3.63, 3.8) is 0 Å². The Kier molecular flexibility index (Phi) is 4.33. The van der Waals surface area contributed by atoms with Gasteiger partial charge < -0.3 is 15.4 Å². The third kappa shape index (κ3) is 3.19. The van der Waals surface area contributed by atoms with Gasteiger partial charge in [0.2, 0.25) is 5.91 Å². The van der Waals surface area contributed by atoms with Crippen molar-refractivity contribution >= 4 is 5.91 Å². The summed E-state index contributed by atoms with van der Waals surface area (Å²) in [6.07, 6.45) is 3.64. The summed E-state index contributed by atoms with van der Waals surface area (Å²) in [5.74, 6) is 0.0837. The first-order valence-corrected chi connectivity index (χ1v) is 7.52. The van der Waals surface area contributed by atoms with E-state index in [4.69, 9.17) is 4.74 Å². The van der Waals surface area contributed by atoms with Gasteiger partial charge in [0, 0.05) is 12.6 Å². The fourth-order valence-corrected chi connectivity index (χ4v) is 3.05. The Morgan fingerprint density at radius 2 is 2.30 bits per heavy atom. The molecule has 0 aliphatic carbocycles. The van der Waals surface area contributed by atoms with Gasteiger partial charge in [0.15, 0.2) is 0 Å². The SMILES string of the molecule is O=C(CC1OCCc2ccccc21)NCC1CCCN1. The maximum absolute atomic E-state index is 12.1. The summed E-state index contributed by atoms with van der Waals surface area (Å²) in [6, 6.07) is 8.71. The summed E-state index contributed by atoms with van der Waals surface area (Å²) in [5.41, 5.74) is 2.49. The predicted octanol–water partition coefficient (Wildman–Crippen LogP) is 1.56. The molecule has 2 heterocycles. The van der Waals surface area contributed by atoms with Crippen LogP contribution in [0.3, 0.4) is 0 Å². The van der Waals surface area contributed by atoms with Gasteiger partial charge in [0.05, 0.1) is 19.1 Å². The molecule has 0 aromatic heterocycles. The second kappa shape index (κ2) is 6.37. The number of nitrogens with one attached hydrogen (secondary N) is 2. The van der Waals surface area contributed by atoms with E-state index in [1.165, 1.54) is 17.5 Å². The first-order chi connectivity index (χ1) is 9.83. The number of hydrogen-bond donors (Lipinski definition) is 2. The van der Waals surface area contributed by atoms with Crippen molar-refractivity contribution in [2.45, 2.75) is 37.8 Å². The molecule has 2 aliphatic heterocycles. The molecular formula is C16H22N2O2. The van der Waals surface area contributed by atoms with E-state index in [9.17, 15) is 4.79 Å². The predicted molar refractivity (Wildman–Crippen MR) is 77.5 cm³/mol. The lowest BCUT2D eigenvalue weighted by atomic mass is 9.95. The van der Waals surface area contributed by atoms with Crippen LogP contribution in [-0.4, -0.2) is 31.6 Å². The summed E-state index contributed by atoms with van der Waals surface area (Å²) < 4.78 is 5.77. The standard InChI is InChI=1S/C16H22N2O2/c19-16(18-11-13-5-3-8-17-13)10-15-14-6-2-1-4-12(14)7-9-20-15/h1-2,4,6,13,15,17H,3,5,7-11H2,(H,18,19). The van der Waals surface area contributed by atoms with Crippen molar-refractivity contribution in [2.24, 2.45) is 0 Å². The molecule has 0 bridgehead atoms. The molecule has 1 fully saturated rings. The fraction of sp³-hybridized carbons (Fsp3) is 0.562. The van der Waals surface area contributed by atoms with Crippen LogP contribution in [0.15, 0.2) is 24.3 Å². The molecule has 1 aromatic carbocycles. The minimum Gasteiger partial charge on any atom is -0.373 e. The van der Waals surface area contributed by atoms with Gasteiger partial charge in [-0.05, 0) is 36.9 Å². The Balaban J connectivity index is 1.54. The molecule has 1 amide bonds. The van der Waals surface area contributed by atoms with Crippen LogP contribution in [0.25, 0.3) is 0 Å². The van der Waals surface area contributed by atoms with Crippen molar-refractivity contribution in [1.82, 2.24) is 10.6 Å². The van der Waals surface area contributed by atoms with E-state index < -0.39 is 0 Å². The minimum absolute atomic E-state index is 0.0837. The van der Waals surface area contributed by atoms with Crippen molar-refractivity contribution in [3.05, 3.63) is 35.4 Å². The molecule has 0 saturated carbocycles. The van der Waals surface area contributed by atoms with E-state index in [1.807, 2.05) is 12.1 Å². The quantitative estimate of drug-likeness (QED) is 0.876. The molecule has 0 spiro atoms. The smallest absolute Gasteiger partial charge is 0.223 e. The number of carbonyl (C=O) groups excluding carboxylic acids is 1. The fourth-order valence-electron chi connectivity index (χ4n) is 3.05. The van der Waals surface area contributed by atoms with Crippen molar-refractivity contribution in [2.75, 3.05) is 19.7 Å². The van der Waals surface area contributed by atoms with Crippen LogP contribution in [0.4, 0.5) is 0 Å². The Labute approximate surface area is 119 Å². The summed E-state index contributed by atoms with van der Waals surface area (Å²) in [5, 5.41) is 6.41. The maximum atomic E-state index is 12.1. The molecule has 0 radical (unpaired) electrons. The lowest BCUT2D eigenvalue weighted by Crippen LogP contribution is -2.38. The minimum atomic E-state index is -0.0866. The highest BCUT2D eigenvalue weighted by Crippen LogP contribution is 2.29. The third-order valence-electron chi connectivity index (χ3n) is 4.17. The van der Waals surface area contributed by atoms with Crippen LogP contribution in [-0.2, 0) is 16.0 Å². The van der Waals surface area contributed by atoms with Crippen LogP contribution in [0.5, 0.6) is 0 Å². The number of ether oxygens (including phenoxy) is 1. The molecular weight excluding hydrogens is 252 g/mol. The molecule has 2 N–H and O–H groups in total. The molecule has 1 aromatic rings. The lowest BCUT2D eigenvalue weighted by molar-refractivity contribution is -0.124. The van der Waals surface area contributed by atoms with Crippen molar-refractivity contribution in [1.29, 1.82) is 0 Å². The van der Waals surface area contributed by atoms with Crippen LogP contribution in [0.1, 0.15) is 36.5 Å². The zero-order valence-electron chi connectivity index (χ0n) is 11.7. The van der Waals surface area contributed by atoms with Gasteiger partial charge in [-0.3, -0.25) is 4.79 Å². The van der Waals surface area contributed by atoms with Gasteiger partial charge in [0.25, 0.3) is 0 Å². The molecule has 2 aliphatic rings. The molecule has 2 atom stereocenters. The van der Waals surface area contributed by atoms with E-state index in [0.717, 1.165) is 25.9 Å². The highest BCUT2D eigenvalue weighted by Gasteiger charge is 2.23. The van der Waals surface area contributed by atoms with Crippen LogP contribution < -0.4 is 10.6 Å². The van der Waals surface area contributed by atoms with Gasteiger partial charge in [0.1, 0.15) is 0 Å². The topological polar surface area (TPSA) is 50.4 Å². The first-order valence-electron chi connectivity index (χ1n) is 7.52. The highest BCUT2D eigenvalue weighted by atomic mass is 16.5. The second-order valence-corrected chi connectivity index (χ2v) is 5.61. The number of hydrogen-bond acceptors (Lipinski definition) is 3. The Hall–Kier alpha value is -1.39. The largest absolute Gasteiger partial charge is 0.373 e. The third-order valence-corrected chi connectivity index (χ3v) is 4.17. The van der Waals surface area contributed by atoms with Crippen molar-refractivity contribution in [3.8, 4) is 0 Å². The molecule has 4 heteroatoms. The Morgan fingerprint density at radius 3 is 3.15 bits per heavy atom. The highest BCUT2D eigenvalue weighted by molar-refractivity contribution is 5.76. The van der Waals surface area contributed by atoms with Gasteiger partial charge in [-0.2, -0.15) is 0 Å². The number of amides is 1. The zero-order chi connectivity index (χ0) is 13.8. The van der Waals surface area contributed by atoms with E-state index >= 15 is 0 Å². The number of rotatable bonds is 4. The zero-order valence-corrected chi connectivity index (χ0v) is 11.7. The lowest BCUT2D eigenvalue weighted by Gasteiger charge is -2.25. The average molecular weight is 274 g/mol. The average Bonchev–Trinajstić information content (AvgIpc) is 2.99. The molecule has 3 rings (SSSR count). The maximum Gasteiger partial charge on any atom is 0.223 e. The summed E-state index contributed by atoms with van der Waals surface area (Å²) in [4.78, 5) is 12.1. The summed E-state index contributed by atoms with van der Waals surface area (Å²) >= 11 is 0. The van der Waals surface area contributed by atoms with E-state index in [2.05, 4.69) is 22.8 Å². The molecule has 4 nitrogen and oxygen atoms in total. The van der Waals surface area contributed by atoms with Gasteiger partial charge in [-0.25, -0.2) is 0 Å². The van der Waals surface area contributed by atoms with Crippen molar-refractivity contribution < 1.29 is 9.53 Å². The number of carbonyl (C=O) groups is 1. The number of benzene rings is 1. The van der Waals surface area contributed by atoms with Gasteiger partial charge in [-0.1, -0.05) is 24.3 Å². The van der Waals surface area contributed by atoms with Gasteiger partial charge >= 0.3 is 0 Å². The molecule has 20 heavy (non-hydrogen) atoms. The molecule has 1 saturated heterocycles. The number of fused-ring (bicyclic) bond motifs is 1. The van der Waals surface area contributed by atoms with Crippen LogP contribution >= 0.6 is 0 Å². The monoisotopic (exact) mass is 274 g/mol. The normalized spacial score (nSPS) is 25.2. The van der Waals surface area contributed by atoms with Crippen LogP contribution in [0.2, 0.25) is 0 Å². The van der Waals surface area contributed by atoms with Crippen LogP contribution in [0, 0.1) is 0 Å². The molecule has 2 unspecified atom stereocenters. The summed E-state index contributed by atoms with van der Waals surface area (Å²) in [6.45, 7) is 2.51. The van der Waals surface area contributed by atoms with E-state index in [0.29, 0.717) is 19.1 Å². The molecule has 108 valence electrons. The van der Waals surface area contributed by atoms with E-state index in [-0.39, 0.29) is 12.0 Å². The Morgan fingerprint density at radius 1 is 1.40 bits per heavy atom. The summed E-state index contributed by atoms with van der Waals surface area (Å²) in [7, 11) is 0.